The predicted octanol–water partition coefficient (Wildman–Crippen LogP) is 2.26. The van der Waals surface area contributed by atoms with Crippen LogP contribution >= 0.6 is 0 Å². The second kappa shape index (κ2) is 21.3. The van der Waals surface area contributed by atoms with Gasteiger partial charge in [0.25, 0.3) is 0 Å². The van der Waals surface area contributed by atoms with Gasteiger partial charge in [-0.25, -0.2) is 0 Å². The van der Waals surface area contributed by atoms with Crippen LogP contribution in [0, 0.1) is 5.92 Å². The monoisotopic (exact) mass is 335 g/mol. The molecule has 0 aromatic heterocycles. The van der Waals surface area contributed by atoms with Gasteiger partial charge in [-0.1, -0.05) is 34.1 Å². The number of hydrogen-bond acceptors (Lipinski definition) is 5. The molecule has 0 heterocycles. The summed E-state index contributed by atoms with van der Waals surface area (Å²) >= 11 is 0. The lowest BCUT2D eigenvalue weighted by Gasteiger charge is -2.08. The molecule has 23 heavy (non-hydrogen) atoms. The Labute approximate surface area is 142 Å². The first-order chi connectivity index (χ1) is 11.1. The Hall–Kier alpha value is -0.690. The van der Waals surface area contributed by atoms with Crippen LogP contribution in [-0.2, 0) is 23.7 Å². The molecule has 0 saturated carbocycles. The van der Waals surface area contributed by atoms with E-state index in [-0.39, 0.29) is 12.5 Å². The minimum atomic E-state index is -0.134. The average molecular weight is 335 g/mol. The Bertz CT molecular complexity index is 237. The first-order valence-electron chi connectivity index (χ1n) is 8.59. The molecule has 0 aliphatic rings. The predicted molar refractivity (Wildman–Crippen MR) is 92.8 cm³/mol. The average Bonchev–Trinajstić information content (AvgIpc) is 2.52. The summed E-state index contributed by atoms with van der Waals surface area (Å²) in [5.74, 6) is 0.542. The quantitative estimate of drug-likeness (QED) is 0.493. The Kier molecular flexibility index (Phi) is 22.8. The number of nitrogens with one attached hydrogen (secondary N) is 1. The van der Waals surface area contributed by atoms with Crippen molar-refractivity contribution in [2.75, 3.05) is 59.9 Å². The number of hydrogen-bond donors (Lipinski definition) is 1. The summed E-state index contributed by atoms with van der Waals surface area (Å²) in [6, 6.07) is 0. The lowest BCUT2D eigenvalue weighted by Crippen LogP contribution is -2.24. The molecule has 6 heteroatoms. The van der Waals surface area contributed by atoms with Crippen molar-refractivity contribution >= 4 is 5.91 Å². The van der Waals surface area contributed by atoms with Crippen molar-refractivity contribution in [3.63, 3.8) is 0 Å². The molecule has 0 aliphatic heterocycles. The van der Waals surface area contributed by atoms with Gasteiger partial charge >= 0.3 is 0 Å². The van der Waals surface area contributed by atoms with Crippen molar-refractivity contribution < 1.29 is 23.7 Å². The fraction of sp³-hybridized carbons (Fsp3) is 0.941. The summed E-state index contributed by atoms with van der Waals surface area (Å²) in [7, 11) is 1.58. The second-order valence-electron chi connectivity index (χ2n) is 5.45. The summed E-state index contributed by atoms with van der Waals surface area (Å²) in [5, 5.41) is 2.47. The summed E-state index contributed by atoms with van der Waals surface area (Å²) in [6.45, 7) is 12.6. The van der Waals surface area contributed by atoms with Crippen molar-refractivity contribution in [2.24, 2.45) is 5.92 Å². The molecule has 0 aliphatic carbocycles. The van der Waals surface area contributed by atoms with Gasteiger partial charge in [0.15, 0.2) is 0 Å². The SMILES string of the molecule is CCC.CNC(=O)COCCOCCOCCOCCC(C)C. The molecule has 0 aromatic rings. The summed E-state index contributed by atoms with van der Waals surface area (Å²) in [4.78, 5) is 10.8. The van der Waals surface area contributed by atoms with Gasteiger partial charge in [0.2, 0.25) is 5.91 Å². The number of ether oxygens (including phenoxy) is 4. The van der Waals surface area contributed by atoms with Gasteiger partial charge in [-0.05, 0) is 12.3 Å². The third-order valence-corrected chi connectivity index (χ3v) is 2.47. The molecule has 0 unspecified atom stereocenters. The van der Waals surface area contributed by atoms with Crippen molar-refractivity contribution in [1.82, 2.24) is 5.32 Å². The van der Waals surface area contributed by atoms with Gasteiger partial charge < -0.3 is 24.3 Å². The maximum absolute atomic E-state index is 10.8. The Morgan fingerprint density at radius 2 is 1.22 bits per heavy atom. The van der Waals surface area contributed by atoms with Gasteiger partial charge in [-0.15, -0.1) is 0 Å². The minimum absolute atomic E-state index is 0.0735. The van der Waals surface area contributed by atoms with E-state index in [1.165, 1.54) is 6.42 Å². The number of carbonyl (C=O) groups is 1. The van der Waals surface area contributed by atoms with E-state index in [0.29, 0.717) is 45.6 Å². The first-order valence-corrected chi connectivity index (χ1v) is 8.59. The molecule has 0 aromatic carbocycles. The van der Waals surface area contributed by atoms with Crippen molar-refractivity contribution in [1.29, 1.82) is 0 Å². The van der Waals surface area contributed by atoms with Gasteiger partial charge in [-0.3, -0.25) is 4.79 Å². The Morgan fingerprint density at radius 3 is 1.61 bits per heavy atom. The van der Waals surface area contributed by atoms with E-state index in [0.717, 1.165) is 13.0 Å². The third kappa shape index (κ3) is 26.5. The molecular formula is C17H37NO5. The molecule has 140 valence electrons. The van der Waals surface area contributed by atoms with E-state index in [9.17, 15) is 4.79 Å². The van der Waals surface area contributed by atoms with E-state index in [2.05, 4.69) is 33.0 Å². The van der Waals surface area contributed by atoms with Crippen LogP contribution in [0.3, 0.4) is 0 Å². The molecule has 1 N–H and O–H groups in total. The summed E-state index contributed by atoms with van der Waals surface area (Å²) < 4.78 is 21.1. The van der Waals surface area contributed by atoms with Crippen LogP contribution in [0.1, 0.15) is 40.5 Å². The zero-order chi connectivity index (χ0) is 17.8. The number of rotatable bonds is 14. The van der Waals surface area contributed by atoms with Gasteiger partial charge in [-0.2, -0.15) is 0 Å². The van der Waals surface area contributed by atoms with E-state index >= 15 is 0 Å². The normalized spacial score (nSPS) is 10.3. The smallest absolute Gasteiger partial charge is 0.245 e. The van der Waals surface area contributed by atoms with E-state index in [1.54, 1.807) is 7.05 Å². The molecule has 6 nitrogen and oxygen atoms in total. The van der Waals surface area contributed by atoms with E-state index in [4.69, 9.17) is 18.9 Å². The molecule has 0 fully saturated rings. The standard InChI is InChI=1S/C14H29NO5.C3H8/c1-13(2)4-5-17-6-7-18-8-9-19-10-11-20-12-14(16)15-3;1-3-2/h13H,4-12H2,1-3H3,(H,15,16);3H2,1-2H3. The molecule has 0 saturated heterocycles. The van der Waals surface area contributed by atoms with Crippen molar-refractivity contribution in [3.8, 4) is 0 Å². The molecule has 0 radical (unpaired) electrons. The van der Waals surface area contributed by atoms with Gasteiger partial charge in [0.05, 0.1) is 39.6 Å². The van der Waals surface area contributed by atoms with E-state index in [1.807, 2.05) is 0 Å². The zero-order valence-corrected chi connectivity index (χ0v) is 15.7. The maximum atomic E-state index is 10.8. The maximum Gasteiger partial charge on any atom is 0.245 e. The van der Waals surface area contributed by atoms with Crippen molar-refractivity contribution in [3.05, 3.63) is 0 Å². The Balaban J connectivity index is 0. The number of likely N-dealkylation sites (N-methyl/N-ethyl adjacent to an activating group) is 1. The summed E-state index contributed by atoms with van der Waals surface area (Å²) in [5.41, 5.74) is 0. The van der Waals surface area contributed by atoms with Crippen LogP contribution in [0.5, 0.6) is 0 Å². The van der Waals surface area contributed by atoms with Crippen molar-refractivity contribution in [2.45, 2.75) is 40.5 Å². The first kappa shape index (κ1) is 24.6. The van der Waals surface area contributed by atoms with Crippen LogP contribution in [0.15, 0.2) is 0 Å². The Morgan fingerprint density at radius 1 is 0.826 bits per heavy atom. The summed E-state index contributed by atoms with van der Waals surface area (Å²) in [6.07, 6.45) is 2.33. The molecule has 1 amide bonds. The highest BCUT2D eigenvalue weighted by molar-refractivity contribution is 5.76. The molecule has 0 atom stereocenters. The minimum Gasteiger partial charge on any atom is -0.379 e. The highest BCUT2D eigenvalue weighted by atomic mass is 16.6. The number of amides is 1. The molecule has 0 bridgehead atoms. The van der Waals surface area contributed by atoms with Crippen LogP contribution in [0.4, 0.5) is 0 Å². The lowest BCUT2D eigenvalue weighted by atomic mass is 10.1. The van der Waals surface area contributed by atoms with E-state index < -0.39 is 0 Å². The second-order valence-corrected chi connectivity index (χ2v) is 5.45. The zero-order valence-electron chi connectivity index (χ0n) is 15.7. The highest BCUT2D eigenvalue weighted by Crippen LogP contribution is 1.98. The van der Waals surface area contributed by atoms with Gasteiger partial charge in [0, 0.05) is 13.7 Å². The van der Waals surface area contributed by atoms with Crippen LogP contribution < -0.4 is 5.32 Å². The van der Waals surface area contributed by atoms with Crippen LogP contribution in [0.2, 0.25) is 0 Å². The fourth-order valence-electron chi connectivity index (χ4n) is 1.22. The molecular weight excluding hydrogens is 298 g/mol. The number of carbonyl (C=O) groups excluding carboxylic acids is 1. The molecule has 0 rings (SSSR count). The fourth-order valence-corrected chi connectivity index (χ4v) is 1.22. The largest absolute Gasteiger partial charge is 0.379 e. The van der Waals surface area contributed by atoms with Crippen LogP contribution in [0.25, 0.3) is 0 Å². The van der Waals surface area contributed by atoms with Gasteiger partial charge in [0.1, 0.15) is 6.61 Å². The molecule has 0 spiro atoms. The highest BCUT2D eigenvalue weighted by Gasteiger charge is 1.97. The topological polar surface area (TPSA) is 66.0 Å². The van der Waals surface area contributed by atoms with Crippen LogP contribution in [-0.4, -0.2) is 65.8 Å². The third-order valence-electron chi connectivity index (χ3n) is 2.47. The lowest BCUT2D eigenvalue weighted by molar-refractivity contribution is -0.125.